The molecule has 1 N–H and O–H groups in total. The largest absolute Gasteiger partial charge is 0.343 e. The molecule has 16 heavy (non-hydrogen) atoms. The molecule has 0 aliphatic carbocycles. The number of hydrogen-bond acceptors (Lipinski definition) is 3. The van der Waals surface area contributed by atoms with Gasteiger partial charge in [-0.3, -0.25) is 4.98 Å². The average Bonchev–Trinajstić information content (AvgIpc) is 2.26. The maximum absolute atomic E-state index is 5.22. The highest BCUT2D eigenvalue weighted by atomic mass is 32.1. The van der Waals surface area contributed by atoms with E-state index in [4.69, 9.17) is 12.2 Å². The molecule has 0 amide bonds. The number of aromatic nitrogens is 3. The number of pyridine rings is 1. The molecule has 4 heteroatoms. The fourth-order valence-electron chi connectivity index (χ4n) is 1.48. The third kappa shape index (κ3) is 1.88. The molecule has 2 rings (SSSR count). The van der Waals surface area contributed by atoms with Gasteiger partial charge in [-0.2, -0.15) is 0 Å². The topological polar surface area (TPSA) is 41.6 Å². The molecule has 0 aliphatic rings. The van der Waals surface area contributed by atoms with Gasteiger partial charge < -0.3 is 4.98 Å². The standard InChI is InChI=1S/C12H13N3S/c1-7-4-5-13-6-10(7)11-14-9(3)8(2)12(16)15-11/h4-6H,1-3H3,(H,14,15,16). The van der Waals surface area contributed by atoms with Gasteiger partial charge in [-0.15, -0.1) is 0 Å². The first-order chi connectivity index (χ1) is 7.59. The molecule has 0 atom stereocenters. The van der Waals surface area contributed by atoms with Gasteiger partial charge in [0.2, 0.25) is 0 Å². The number of nitrogens with one attached hydrogen (secondary N) is 1. The number of aromatic amines is 1. The van der Waals surface area contributed by atoms with Gasteiger partial charge in [0.25, 0.3) is 0 Å². The fourth-order valence-corrected chi connectivity index (χ4v) is 1.73. The van der Waals surface area contributed by atoms with Crippen LogP contribution in [0.15, 0.2) is 18.5 Å². The van der Waals surface area contributed by atoms with Gasteiger partial charge in [-0.05, 0) is 32.4 Å². The van der Waals surface area contributed by atoms with E-state index < -0.39 is 0 Å². The molecule has 0 saturated carbocycles. The first-order valence-electron chi connectivity index (χ1n) is 5.08. The minimum atomic E-state index is 0.648. The highest BCUT2D eigenvalue weighted by Crippen LogP contribution is 2.19. The summed E-state index contributed by atoms with van der Waals surface area (Å²) in [5, 5.41) is 0. The third-order valence-electron chi connectivity index (χ3n) is 2.70. The molecule has 0 bridgehead atoms. The number of hydrogen-bond donors (Lipinski definition) is 1. The monoisotopic (exact) mass is 231 g/mol. The maximum Gasteiger partial charge on any atom is 0.140 e. The molecule has 0 spiro atoms. The Balaban J connectivity index is 2.67. The molecule has 0 fully saturated rings. The van der Waals surface area contributed by atoms with Crippen LogP contribution in [-0.2, 0) is 0 Å². The fraction of sp³-hybridized carbons (Fsp3) is 0.250. The van der Waals surface area contributed by atoms with Crippen molar-refractivity contribution in [3.8, 4) is 11.4 Å². The number of H-pyrrole nitrogens is 1. The molecule has 3 nitrogen and oxygen atoms in total. The van der Waals surface area contributed by atoms with E-state index in [0.29, 0.717) is 4.64 Å². The maximum atomic E-state index is 5.22. The van der Waals surface area contributed by atoms with Crippen LogP contribution in [0.5, 0.6) is 0 Å². The lowest BCUT2D eigenvalue weighted by atomic mass is 10.1. The van der Waals surface area contributed by atoms with Crippen LogP contribution >= 0.6 is 12.2 Å². The lowest BCUT2D eigenvalue weighted by molar-refractivity contribution is 1.05. The van der Waals surface area contributed by atoms with Crippen LogP contribution in [-0.4, -0.2) is 15.0 Å². The molecule has 0 radical (unpaired) electrons. The van der Waals surface area contributed by atoms with Gasteiger partial charge >= 0.3 is 0 Å². The zero-order chi connectivity index (χ0) is 11.7. The molecule has 0 unspecified atom stereocenters. The van der Waals surface area contributed by atoms with E-state index in [1.54, 1.807) is 12.4 Å². The molecule has 2 aromatic rings. The van der Waals surface area contributed by atoms with Crippen molar-refractivity contribution in [3.63, 3.8) is 0 Å². The van der Waals surface area contributed by atoms with Crippen LogP contribution in [0.2, 0.25) is 0 Å². The van der Waals surface area contributed by atoms with E-state index in [1.807, 2.05) is 26.8 Å². The van der Waals surface area contributed by atoms with Crippen molar-refractivity contribution in [1.82, 2.24) is 15.0 Å². The Kier molecular flexibility index (Phi) is 2.83. The summed E-state index contributed by atoms with van der Waals surface area (Å²) < 4.78 is 0.648. The van der Waals surface area contributed by atoms with E-state index in [0.717, 1.165) is 28.2 Å². The Morgan fingerprint density at radius 3 is 2.62 bits per heavy atom. The predicted molar refractivity (Wildman–Crippen MR) is 66.9 cm³/mol. The van der Waals surface area contributed by atoms with Gasteiger partial charge in [-0.1, -0.05) is 12.2 Å². The van der Waals surface area contributed by atoms with Crippen molar-refractivity contribution in [2.75, 3.05) is 0 Å². The van der Waals surface area contributed by atoms with Crippen LogP contribution in [0.1, 0.15) is 16.8 Å². The van der Waals surface area contributed by atoms with Crippen molar-refractivity contribution in [2.45, 2.75) is 20.8 Å². The average molecular weight is 231 g/mol. The Morgan fingerprint density at radius 1 is 1.25 bits per heavy atom. The van der Waals surface area contributed by atoms with Crippen molar-refractivity contribution < 1.29 is 0 Å². The van der Waals surface area contributed by atoms with Gasteiger partial charge in [0.15, 0.2) is 0 Å². The number of nitrogens with zero attached hydrogens (tertiary/aromatic N) is 2. The summed E-state index contributed by atoms with van der Waals surface area (Å²) in [6.45, 7) is 6.01. The highest BCUT2D eigenvalue weighted by Gasteiger charge is 2.06. The molecule has 0 saturated heterocycles. The van der Waals surface area contributed by atoms with Gasteiger partial charge in [0.05, 0.1) is 0 Å². The minimum absolute atomic E-state index is 0.648. The van der Waals surface area contributed by atoms with Crippen LogP contribution in [0.4, 0.5) is 0 Å². The molecular weight excluding hydrogens is 218 g/mol. The summed E-state index contributed by atoms with van der Waals surface area (Å²) in [6.07, 6.45) is 3.58. The summed E-state index contributed by atoms with van der Waals surface area (Å²) in [4.78, 5) is 11.7. The van der Waals surface area contributed by atoms with Gasteiger partial charge in [0.1, 0.15) is 10.5 Å². The summed E-state index contributed by atoms with van der Waals surface area (Å²) in [5.74, 6) is 0.790. The second-order valence-corrected chi connectivity index (χ2v) is 4.22. The Bertz CT molecular complexity index is 587. The minimum Gasteiger partial charge on any atom is -0.343 e. The SMILES string of the molecule is Cc1ccncc1-c1nc(=S)c(C)c(C)[nH]1. The Hall–Kier alpha value is -1.55. The second kappa shape index (κ2) is 4.14. The second-order valence-electron chi connectivity index (χ2n) is 3.83. The van der Waals surface area contributed by atoms with E-state index in [1.165, 1.54) is 0 Å². The van der Waals surface area contributed by atoms with Crippen molar-refractivity contribution in [2.24, 2.45) is 0 Å². The van der Waals surface area contributed by atoms with Crippen LogP contribution < -0.4 is 0 Å². The van der Waals surface area contributed by atoms with Gasteiger partial charge in [0, 0.05) is 29.2 Å². The molecule has 0 aliphatic heterocycles. The molecular formula is C12H13N3S. The summed E-state index contributed by atoms with van der Waals surface area (Å²) in [6, 6.07) is 1.96. The number of rotatable bonds is 1. The van der Waals surface area contributed by atoms with Crippen molar-refractivity contribution >= 4 is 12.2 Å². The molecule has 0 aromatic carbocycles. The van der Waals surface area contributed by atoms with E-state index in [9.17, 15) is 0 Å². The van der Waals surface area contributed by atoms with E-state index >= 15 is 0 Å². The van der Waals surface area contributed by atoms with Gasteiger partial charge in [-0.25, -0.2) is 4.98 Å². The number of aryl methyl sites for hydroxylation is 2. The smallest absolute Gasteiger partial charge is 0.140 e. The first kappa shape index (κ1) is 11.0. The van der Waals surface area contributed by atoms with Crippen molar-refractivity contribution in [1.29, 1.82) is 0 Å². The zero-order valence-corrected chi connectivity index (χ0v) is 10.4. The first-order valence-corrected chi connectivity index (χ1v) is 5.49. The Morgan fingerprint density at radius 2 is 2.00 bits per heavy atom. The third-order valence-corrected chi connectivity index (χ3v) is 3.09. The molecule has 2 heterocycles. The Labute approximate surface area is 99.6 Å². The van der Waals surface area contributed by atoms with E-state index in [-0.39, 0.29) is 0 Å². The summed E-state index contributed by atoms with van der Waals surface area (Å²) in [7, 11) is 0. The highest BCUT2D eigenvalue weighted by molar-refractivity contribution is 7.71. The van der Waals surface area contributed by atoms with E-state index in [2.05, 4.69) is 15.0 Å². The zero-order valence-electron chi connectivity index (χ0n) is 9.53. The lowest BCUT2D eigenvalue weighted by Crippen LogP contribution is -1.98. The predicted octanol–water partition coefficient (Wildman–Crippen LogP) is 3.13. The quantitative estimate of drug-likeness (QED) is 0.767. The molecule has 82 valence electrons. The van der Waals surface area contributed by atoms with Crippen LogP contribution in [0.25, 0.3) is 11.4 Å². The summed E-state index contributed by atoms with van der Waals surface area (Å²) >= 11 is 5.22. The van der Waals surface area contributed by atoms with Crippen molar-refractivity contribution in [3.05, 3.63) is 39.9 Å². The van der Waals surface area contributed by atoms with Crippen LogP contribution in [0, 0.1) is 25.4 Å². The normalized spacial score (nSPS) is 10.4. The summed E-state index contributed by atoms with van der Waals surface area (Å²) in [5.41, 5.74) is 4.21. The van der Waals surface area contributed by atoms with Crippen LogP contribution in [0.3, 0.4) is 0 Å². The molecule has 2 aromatic heterocycles. The lowest BCUT2D eigenvalue weighted by Gasteiger charge is -2.07.